The minimum atomic E-state index is -1.25. The standard InChI is InChI=1S/C15H21NO4/c1-15(2,14(18)19)20-13-7-5-11(6-8-13)16-9-3-4-12(17)10-16/h5-8,12,17H,3-4,9-10H2,1-2H3,(H,18,19)/t12-/m1/s1. The Morgan fingerprint density at radius 1 is 1.35 bits per heavy atom. The predicted molar refractivity (Wildman–Crippen MR) is 76.2 cm³/mol. The predicted octanol–water partition coefficient (Wildman–Crippen LogP) is 1.89. The maximum atomic E-state index is 11.0. The lowest BCUT2D eigenvalue weighted by atomic mass is 10.1. The van der Waals surface area contributed by atoms with Crippen LogP contribution >= 0.6 is 0 Å². The van der Waals surface area contributed by atoms with Crippen molar-refractivity contribution in [2.45, 2.75) is 38.4 Å². The van der Waals surface area contributed by atoms with Gasteiger partial charge in [-0.05, 0) is 51.0 Å². The number of ether oxygens (including phenoxy) is 1. The maximum absolute atomic E-state index is 11.0. The minimum absolute atomic E-state index is 0.273. The molecule has 0 amide bonds. The summed E-state index contributed by atoms with van der Waals surface area (Å²) in [5.74, 6) is -0.473. The average molecular weight is 279 g/mol. The number of carbonyl (C=O) groups is 1. The molecule has 1 aliphatic rings. The van der Waals surface area contributed by atoms with E-state index in [4.69, 9.17) is 9.84 Å². The number of carboxylic acid groups (broad SMARTS) is 1. The first-order chi connectivity index (χ1) is 9.38. The van der Waals surface area contributed by atoms with Crippen LogP contribution in [0.4, 0.5) is 5.69 Å². The van der Waals surface area contributed by atoms with Gasteiger partial charge < -0.3 is 19.8 Å². The maximum Gasteiger partial charge on any atom is 0.347 e. The summed E-state index contributed by atoms with van der Waals surface area (Å²) in [6.07, 6.45) is 1.56. The monoisotopic (exact) mass is 279 g/mol. The van der Waals surface area contributed by atoms with Gasteiger partial charge in [0.2, 0.25) is 0 Å². The Morgan fingerprint density at radius 3 is 2.55 bits per heavy atom. The molecule has 1 aromatic rings. The number of nitrogens with zero attached hydrogens (tertiary/aromatic N) is 1. The highest BCUT2D eigenvalue weighted by Gasteiger charge is 2.29. The van der Waals surface area contributed by atoms with E-state index in [9.17, 15) is 9.90 Å². The summed E-state index contributed by atoms with van der Waals surface area (Å²) < 4.78 is 5.46. The molecule has 0 aromatic heterocycles. The summed E-state index contributed by atoms with van der Waals surface area (Å²) in [6.45, 7) is 4.60. The summed E-state index contributed by atoms with van der Waals surface area (Å²) in [7, 11) is 0. The Kier molecular flexibility index (Phi) is 4.18. The summed E-state index contributed by atoms with van der Waals surface area (Å²) in [5, 5.41) is 18.7. The molecule has 5 heteroatoms. The van der Waals surface area contributed by atoms with Crippen LogP contribution in [0.2, 0.25) is 0 Å². The SMILES string of the molecule is CC(C)(Oc1ccc(N2CCC[C@@H](O)C2)cc1)C(=O)O. The normalized spacial score (nSPS) is 19.8. The van der Waals surface area contributed by atoms with E-state index in [2.05, 4.69) is 4.90 Å². The molecule has 5 nitrogen and oxygen atoms in total. The van der Waals surface area contributed by atoms with E-state index in [-0.39, 0.29) is 6.10 Å². The van der Waals surface area contributed by atoms with E-state index >= 15 is 0 Å². The molecule has 0 bridgehead atoms. The van der Waals surface area contributed by atoms with Crippen LogP contribution in [0.25, 0.3) is 0 Å². The Balaban J connectivity index is 2.04. The molecule has 1 saturated heterocycles. The molecule has 1 aromatic carbocycles. The van der Waals surface area contributed by atoms with Gasteiger partial charge in [-0.3, -0.25) is 0 Å². The largest absolute Gasteiger partial charge is 0.478 e. The number of β-amino-alcohol motifs (C(OH)–C–C–N with tert-alkyl or cyclic N) is 1. The highest BCUT2D eigenvalue weighted by molar-refractivity contribution is 5.76. The first-order valence-corrected chi connectivity index (χ1v) is 6.84. The van der Waals surface area contributed by atoms with Crippen LogP contribution in [-0.2, 0) is 4.79 Å². The van der Waals surface area contributed by atoms with Crippen molar-refractivity contribution in [3.05, 3.63) is 24.3 Å². The fourth-order valence-corrected chi connectivity index (χ4v) is 2.25. The van der Waals surface area contributed by atoms with Gasteiger partial charge in [0, 0.05) is 18.8 Å². The van der Waals surface area contributed by atoms with Gasteiger partial charge in [0.1, 0.15) is 5.75 Å². The van der Waals surface area contributed by atoms with Gasteiger partial charge in [-0.2, -0.15) is 0 Å². The lowest BCUT2D eigenvalue weighted by molar-refractivity contribution is -0.152. The molecule has 1 atom stereocenters. The average Bonchev–Trinajstić information content (AvgIpc) is 2.39. The van der Waals surface area contributed by atoms with E-state index in [1.54, 1.807) is 12.1 Å². The third kappa shape index (κ3) is 3.42. The molecule has 2 N–H and O–H groups in total. The summed E-state index contributed by atoms with van der Waals surface area (Å²) >= 11 is 0. The Morgan fingerprint density at radius 2 is 2.00 bits per heavy atom. The van der Waals surface area contributed by atoms with Gasteiger partial charge in [0.15, 0.2) is 5.60 Å². The first-order valence-electron chi connectivity index (χ1n) is 6.84. The van der Waals surface area contributed by atoms with Crippen molar-refractivity contribution in [2.75, 3.05) is 18.0 Å². The van der Waals surface area contributed by atoms with Gasteiger partial charge in [-0.1, -0.05) is 0 Å². The van der Waals surface area contributed by atoms with Gasteiger partial charge in [-0.15, -0.1) is 0 Å². The number of aliphatic hydroxyl groups excluding tert-OH is 1. The lowest BCUT2D eigenvalue weighted by Crippen LogP contribution is -2.38. The molecular formula is C15H21NO4. The Hall–Kier alpha value is -1.75. The molecule has 2 rings (SSSR count). The van der Waals surface area contributed by atoms with Gasteiger partial charge >= 0.3 is 5.97 Å². The van der Waals surface area contributed by atoms with Crippen LogP contribution in [0.15, 0.2) is 24.3 Å². The lowest BCUT2D eigenvalue weighted by Gasteiger charge is -2.32. The zero-order valence-corrected chi connectivity index (χ0v) is 11.9. The van der Waals surface area contributed by atoms with Crippen molar-refractivity contribution < 1.29 is 19.7 Å². The molecule has 20 heavy (non-hydrogen) atoms. The zero-order chi connectivity index (χ0) is 14.8. The number of hydrogen-bond acceptors (Lipinski definition) is 4. The zero-order valence-electron chi connectivity index (χ0n) is 11.9. The third-order valence-electron chi connectivity index (χ3n) is 3.49. The Labute approximate surface area is 118 Å². The van der Waals surface area contributed by atoms with Crippen LogP contribution < -0.4 is 9.64 Å². The summed E-state index contributed by atoms with van der Waals surface area (Å²) in [6, 6.07) is 7.32. The molecule has 1 aliphatic heterocycles. The van der Waals surface area contributed by atoms with E-state index in [0.29, 0.717) is 12.3 Å². The molecule has 0 unspecified atom stereocenters. The second kappa shape index (κ2) is 5.71. The molecule has 0 aliphatic carbocycles. The smallest absolute Gasteiger partial charge is 0.347 e. The molecule has 0 saturated carbocycles. The van der Waals surface area contributed by atoms with Crippen molar-refractivity contribution in [1.29, 1.82) is 0 Å². The van der Waals surface area contributed by atoms with Gasteiger partial charge in [0.05, 0.1) is 6.10 Å². The van der Waals surface area contributed by atoms with Crippen molar-refractivity contribution in [1.82, 2.24) is 0 Å². The number of benzene rings is 1. The van der Waals surface area contributed by atoms with E-state index < -0.39 is 11.6 Å². The van der Waals surface area contributed by atoms with Crippen LogP contribution in [0.1, 0.15) is 26.7 Å². The van der Waals surface area contributed by atoms with E-state index in [0.717, 1.165) is 25.1 Å². The molecule has 110 valence electrons. The first kappa shape index (κ1) is 14.7. The minimum Gasteiger partial charge on any atom is -0.478 e. The fourth-order valence-electron chi connectivity index (χ4n) is 2.25. The van der Waals surface area contributed by atoms with Crippen LogP contribution in [0.5, 0.6) is 5.75 Å². The topological polar surface area (TPSA) is 70.0 Å². The second-order valence-electron chi connectivity index (χ2n) is 5.65. The van der Waals surface area contributed by atoms with Crippen molar-refractivity contribution in [3.63, 3.8) is 0 Å². The number of piperidine rings is 1. The molecule has 0 radical (unpaired) electrons. The number of aliphatic carboxylic acids is 1. The molecular weight excluding hydrogens is 258 g/mol. The summed E-state index contributed by atoms with van der Waals surface area (Å²) in [4.78, 5) is 13.1. The molecule has 1 heterocycles. The molecule has 0 spiro atoms. The number of rotatable bonds is 4. The number of hydrogen-bond donors (Lipinski definition) is 2. The second-order valence-corrected chi connectivity index (χ2v) is 5.65. The van der Waals surface area contributed by atoms with Crippen molar-refractivity contribution in [2.24, 2.45) is 0 Å². The van der Waals surface area contributed by atoms with Crippen LogP contribution in [0, 0.1) is 0 Å². The van der Waals surface area contributed by atoms with Gasteiger partial charge in [-0.25, -0.2) is 4.79 Å². The van der Waals surface area contributed by atoms with Crippen molar-refractivity contribution in [3.8, 4) is 5.75 Å². The highest BCUT2D eigenvalue weighted by atomic mass is 16.5. The summed E-state index contributed by atoms with van der Waals surface area (Å²) in [5.41, 5.74) is -0.229. The van der Waals surface area contributed by atoms with Crippen molar-refractivity contribution >= 4 is 11.7 Å². The van der Waals surface area contributed by atoms with E-state index in [1.807, 2.05) is 12.1 Å². The van der Waals surface area contributed by atoms with Crippen LogP contribution in [0.3, 0.4) is 0 Å². The molecule has 1 fully saturated rings. The quantitative estimate of drug-likeness (QED) is 0.880. The van der Waals surface area contributed by atoms with E-state index in [1.165, 1.54) is 13.8 Å². The fraction of sp³-hybridized carbons (Fsp3) is 0.533. The third-order valence-corrected chi connectivity index (χ3v) is 3.49. The number of aliphatic hydroxyl groups is 1. The van der Waals surface area contributed by atoms with Gasteiger partial charge in [0.25, 0.3) is 0 Å². The highest BCUT2D eigenvalue weighted by Crippen LogP contribution is 2.25. The number of carboxylic acids is 1. The van der Waals surface area contributed by atoms with Crippen LogP contribution in [-0.4, -0.2) is 41.0 Å². The Bertz CT molecular complexity index is 469. The number of anilines is 1.